The first-order valence-corrected chi connectivity index (χ1v) is 12.4. The number of aromatic nitrogens is 2. The molecule has 5 nitrogen and oxygen atoms in total. The number of nitrogens with one attached hydrogen (secondary N) is 1. The third-order valence-corrected chi connectivity index (χ3v) is 7.51. The molecule has 3 aromatic rings. The summed E-state index contributed by atoms with van der Waals surface area (Å²) in [6.45, 7) is 4.31. The molecule has 0 aliphatic carbocycles. The van der Waals surface area contributed by atoms with Crippen LogP contribution in [0.25, 0.3) is 0 Å². The van der Waals surface area contributed by atoms with Crippen LogP contribution in [0.5, 0.6) is 0 Å². The van der Waals surface area contributed by atoms with Crippen molar-refractivity contribution in [3.8, 4) is 0 Å². The molecule has 0 fully saturated rings. The van der Waals surface area contributed by atoms with Crippen LogP contribution in [0, 0.1) is 0 Å². The van der Waals surface area contributed by atoms with Crippen LogP contribution in [0.4, 0.5) is 0 Å². The third kappa shape index (κ3) is 7.43. The van der Waals surface area contributed by atoms with E-state index in [4.69, 9.17) is 11.6 Å². The predicted octanol–water partition coefficient (Wildman–Crippen LogP) is 5.85. The first-order valence-electron chi connectivity index (χ1n) is 9.25. The van der Waals surface area contributed by atoms with Crippen molar-refractivity contribution in [3.63, 3.8) is 0 Å². The average Bonchev–Trinajstić information content (AvgIpc) is 3.20. The van der Waals surface area contributed by atoms with Crippen molar-refractivity contribution in [2.75, 3.05) is 5.75 Å². The summed E-state index contributed by atoms with van der Waals surface area (Å²) in [6, 6.07) is 15.9. The number of hydrazone groups is 1. The van der Waals surface area contributed by atoms with Crippen LogP contribution < -0.4 is 5.43 Å². The Hall–Kier alpha value is -1.87. The van der Waals surface area contributed by atoms with Crippen molar-refractivity contribution in [1.29, 1.82) is 0 Å². The number of thioether (sulfide) groups is 2. The topological polar surface area (TPSA) is 67.2 Å². The fraction of sp³-hybridized carbons (Fsp3) is 0.238. The molecule has 0 saturated carbocycles. The van der Waals surface area contributed by atoms with Crippen LogP contribution in [0.3, 0.4) is 0 Å². The second-order valence-electron chi connectivity index (χ2n) is 6.65. The molecule has 0 aliphatic rings. The van der Waals surface area contributed by atoms with Crippen molar-refractivity contribution >= 4 is 58.6 Å². The molecular weight excluding hydrogens is 456 g/mol. The van der Waals surface area contributed by atoms with Crippen LogP contribution >= 0.6 is 46.5 Å². The monoisotopic (exact) mass is 476 g/mol. The molecule has 1 aromatic heterocycles. The van der Waals surface area contributed by atoms with Gasteiger partial charge in [0, 0.05) is 10.8 Å². The Kier molecular flexibility index (Phi) is 8.74. The zero-order chi connectivity index (χ0) is 21.3. The summed E-state index contributed by atoms with van der Waals surface area (Å²) in [5, 5.41) is 13.1. The molecule has 0 aliphatic heterocycles. The van der Waals surface area contributed by atoms with Crippen LogP contribution in [-0.2, 0) is 10.5 Å². The summed E-state index contributed by atoms with van der Waals surface area (Å²) in [7, 11) is 0. The molecule has 0 unspecified atom stereocenters. The fourth-order valence-corrected chi connectivity index (χ4v) is 5.24. The van der Waals surface area contributed by atoms with Gasteiger partial charge in [-0.1, -0.05) is 96.7 Å². The minimum absolute atomic E-state index is 0.180. The lowest BCUT2D eigenvalue weighted by molar-refractivity contribution is -0.118. The highest BCUT2D eigenvalue weighted by Gasteiger charge is 2.08. The van der Waals surface area contributed by atoms with Gasteiger partial charge in [0.2, 0.25) is 0 Å². The Morgan fingerprint density at radius 3 is 2.43 bits per heavy atom. The quantitative estimate of drug-likeness (QED) is 0.238. The largest absolute Gasteiger partial charge is 0.272 e. The first-order chi connectivity index (χ1) is 14.5. The van der Waals surface area contributed by atoms with E-state index in [1.54, 1.807) is 18.0 Å². The molecule has 0 atom stereocenters. The maximum absolute atomic E-state index is 12.0. The second kappa shape index (κ2) is 11.5. The zero-order valence-corrected chi connectivity index (χ0v) is 19.7. The molecule has 0 saturated heterocycles. The zero-order valence-electron chi connectivity index (χ0n) is 16.5. The number of rotatable bonds is 9. The Balaban J connectivity index is 1.39. The third-order valence-electron chi connectivity index (χ3n) is 4.00. The van der Waals surface area contributed by atoms with E-state index in [-0.39, 0.29) is 11.7 Å². The van der Waals surface area contributed by atoms with Gasteiger partial charge in [-0.25, -0.2) is 5.43 Å². The normalized spacial score (nSPS) is 11.3. The van der Waals surface area contributed by atoms with Gasteiger partial charge in [0.1, 0.15) is 0 Å². The van der Waals surface area contributed by atoms with E-state index >= 15 is 0 Å². The summed E-state index contributed by atoms with van der Waals surface area (Å²) < 4.78 is 1.63. The first kappa shape index (κ1) is 22.8. The molecule has 1 heterocycles. The molecule has 1 N–H and O–H groups in total. The summed E-state index contributed by atoms with van der Waals surface area (Å²) in [5.74, 6) is 1.34. The SMILES string of the molecule is CC(C)c1ccc(/C=N\NC(=O)CSc2nnc(SCc3ccc(Cl)cc3)s2)cc1. The smallest absolute Gasteiger partial charge is 0.250 e. The van der Waals surface area contributed by atoms with Crippen molar-refractivity contribution in [3.05, 3.63) is 70.2 Å². The number of carbonyl (C=O) groups is 1. The number of amides is 1. The number of hydrogen-bond donors (Lipinski definition) is 1. The molecule has 0 radical (unpaired) electrons. The predicted molar refractivity (Wildman–Crippen MR) is 128 cm³/mol. The van der Waals surface area contributed by atoms with Gasteiger partial charge in [-0.2, -0.15) is 5.10 Å². The molecule has 3 rings (SSSR count). The molecular formula is C21H21ClN4OS3. The summed E-state index contributed by atoms with van der Waals surface area (Å²) in [4.78, 5) is 12.0. The number of hydrogen-bond acceptors (Lipinski definition) is 7. The van der Waals surface area contributed by atoms with E-state index in [9.17, 15) is 4.79 Å². The minimum Gasteiger partial charge on any atom is -0.272 e. The van der Waals surface area contributed by atoms with Crippen LogP contribution in [0.2, 0.25) is 5.02 Å². The van der Waals surface area contributed by atoms with Crippen LogP contribution in [0.1, 0.15) is 36.5 Å². The van der Waals surface area contributed by atoms with Gasteiger partial charge in [-0.3, -0.25) is 4.79 Å². The molecule has 0 bridgehead atoms. The van der Waals surface area contributed by atoms with Crippen molar-refractivity contribution in [2.24, 2.45) is 5.10 Å². The summed E-state index contributed by atoms with van der Waals surface area (Å²) in [6.07, 6.45) is 1.64. The van der Waals surface area contributed by atoms with Gasteiger partial charge in [0.15, 0.2) is 8.68 Å². The second-order valence-corrected chi connectivity index (χ2v) is 10.5. The highest BCUT2D eigenvalue weighted by Crippen LogP contribution is 2.30. The lowest BCUT2D eigenvalue weighted by Gasteiger charge is -2.04. The van der Waals surface area contributed by atoms with Crippen LogP contribution in [0.15, 0.2) is 62.3 Å². The lowest BCUT2D eigenvalue weighted by Crippen LogP contribution is -2.19. The highest BCUT2D eigenvalue weighted by atomic mass is 35.5. The Labute approximate surface area is 193 Å². The molecule has 0 spiro atoms. The van der Waals surface area contributed by atoms with Crippen molar-refractivity contribution in [1.82, 2.24) is 15.6 Å². The van der Waals surface area contributed by atoms with E-state index in [0.29, 0.717) is 5.92 Å². The van der Waals surface area contributed by atoms with Gasteiger partial charge in [0.05, 0.1) is 12.0 Å². The highest BCUT2D eigenvalue weighted by molar-refractivity contribution is 8.03. The molecule has 9 heteroatoms. The number of benzene rings is 2. The summed E-state index contributed by atoms with van der Waals surface area (Å²) in [5.41, 5.74) is 5.93. The minimum atomic E-state index is -0.180. The van der Waals surface area contributed by atoms with Gasteiger partial charge in [-0.05, 0) is 34.7 Å². The average molecular weight is 477 g/mol. The Morgan fingerprint density at radius 2 is 1.77 bits per heavy atom. The van der Waals surface area contributed by atoms with E-state index in [0.717, 1.165) is 25.0 Å². The number of nitrogens with zero attached hydrogens (tertiary/aromatic N) is 3. The lowest BCUT2D eigenvalue weighted by atomic mass is 10.0. The molecule has 2 aromatic carbocycles. The van der Waals surface area contributed by atoms with Crippen molar-refractivity contribution < 1.29 is 4.79 Å². The molecule has 156 valence electrons. The van der Waals surface area contributed by atoms with Gasteiger partial charge in [0.25, 0.3) is 5.91 Å². The maximum Gasteiger partial charge on any atom is 0.250 e. The maximum atomic E-state index is 12.0. The van der Waals surface area contributed by atoms with Gasteiger partial charge in [-0.15, -0.1) is 10.2 Å². The van der Waals surface area contributed by atoms with Gasteiger partial charge < -0.3 is 0 Å². The molecule has 30 heavy (non-hydrogen) atoms. The summed E-state index contributed by atoms with van der Waals surface area (Å²) >= 11 is 10.3. The van der Waals surface area contributed by atoms with Crippen molar-refractivity contribution in [2.45, 2.75) is 34.2 Å². The van der Waals surface area contributed by atoms with Gasteiger partial charge >= 0.3 is 0 Å². The standard InChI is InChI=1S/C21H21ClN4OS3/c1-14(2)17-7-3-15(4-8-17)11-23-24-19(27)13-29-21-26-25-20(30-21)28-12-16-5-9-18(22)10-6-16/h3-11,14H,12-13H2,1-2H3,(H,24,27)/b23-11-. The molecule has 1 amide bonds. The Morgan fingerprint density at radius 1 is 1.10 bits per heavy atom. The van der Waals surface area contributed by atoms with Crippen LogP contribution in [-0.4, -0.2) is 28.1 Å². The Bertz CT molecular complexity index is 988. The van der Waals surface area contributed by atoms with E-state index in [1.807, 2.05) is 36.4 Å². The van der Waals surface area contributed by atoms with E-state index < -0.39 is 0 Å². The van der Waals surface area contributed by atoms with E-state index in [2.05, 4.69) is 46.7 Å². The number of carbonyl (C=O) groups excluding carboxylic acids is 1. The number of halogens is 1. The van der Waals surface area contributed by atoms with E-state index in [1.165, 1.54) is 34.2 Å². The fourth-order valence-electron chi connectivity index (χ4n) is 2.34.